The minimum absolute atomic E-state index is 0.446. The Morgan fingerprint density at radius 2 is 2.00 bits per heavy atom. The average Bonchev–Trinajstić information content (AvgIpc) is 2.92. The van der Waals surface area contributed by atoms with E-state index in [0.29, 0.717) is 12.0 Å². The summed E-state index contributed by atoms with van der Waals surface area (Å²) in [5.41, 5.74) is 3.35. The quantitative estimate of drug-likeness (QED) is 0.395. The highest BCUT2D eigenvalue weighted by atomic mass is 32.1. The van der Waals surface area contributed by atoms with Gasteiger partial charge in [0.2, 0.25) is 0 Å². The standard InChI is InChI=1S/C17H12N2O2S2/c20-16(11-5-2-1-3-6-11)21-18-13-9-10-19-15-12(13)7-4-8-14(15)23-17(19)22/h1-8H,9-10H2/b18-13+. The molecule has 0 bridgehead atoms. The topological polar surface area (TPSA) is 43.6 Å². The van der Waals surface area contributed by atoms with Gasteiger partial charge in [0, 0.05) is 18.5 Å². The van der Waals surface area contributed by atoms with Crippen molar-refractivity contribution in [2.24, 2.45) is 5.16 Å². The monoisotopic (exact) mass is 340 g/mol. The summed E-state index contributed by atoms with van der Waals surface area (Å²) in [6.07, 6.45) is 0.694. The van der Waals surface area contributed by atoms with Crippen LogP contribution in [-0.4, -0.2) is 16.2 Å². The molecule has 0 radical (unpaired) electrons. The fraction of sp³-hybridized carbons (Fsp3) is 0.118. The number of thiazole rings is 1. The maximum atomic E-state index is 12.0. The van der Waals surface area contributed by atoms with E-state index in [1.807, 2.05) is 18.2 Å². The molecule has 0 atom stereocenters. The number of aryl methyl sites for hydroxylation is 1. The lowest BCUT2D eigenvalue weighted by Crippen LogP contribution is -2.16. The van der Waals surface area contributed by atoms with Crippen LogP contribution in [0.5, 0.6) is 0 Å². The molecule has 0 spiro atoms. The van der Waals surface area contributed by atoms with Gasteiger partial charge in [-0.15, -0.1) is 11.3 Å². The van der Waals surface area contributed by atoms with Gasteiger partial charge in [0.15, 0.2) is 3.95 Å². The number of hydrogen-bond donors (Lipinski definition) is 0. The van der Waals surface area contributed by atoms with Crippen LogP contribution in [-0.2, 0) is 11.4 Å². The SMILES string of the molecule is O=C(O/N=C1\CCn2c(=S)sc3cccc1c32)c1ccccc1. The molecule has 114 valence electrons. The van der Waals surface area contributed by atoms with Crippen molar-refractivity contribution in [3.63, 3.8) is 0 Å². The summed E-state index contributed by atoms with van der Waals surface area (Å²) in [6.45, 7) is 0.761. The van der Waals surface area contributed by atoms with Crippen LogP contribution in [0, 0.1) is 3.95 Å². The van der Waals surface area contributed by atoms with Crippen molar-refractivity contribution in [1.82, 2.24) is 4.57 Å². The number of hydrogen-bond acceptors (Lipinski definition) is 5. The summed E-state index contributed by atoms with van der Waals surface area (Å²) in [7, 11) is 0. The van der Waals surface area contributed by atoms with E-state index in [1.165, 1.54) is 0 Å². The number of aromatic nitrogens is 1. The summed E-state index contributed by atoms with van der Waals surface area (Å²) in [5.74, 6) is -0.446. The molecule has 1 aromatic heterocycles. The Balaban J connectivity index is 1.70. The first kappa shape index (κ1) is 14.3. The van der Waals surface area contributed by atoms with Crippen LogP contribution in [0.4, 0.5) is 0 Å². The van der Waals surface area contributed by atoms with Gasteiger partial charge < -0.3 is 9.40 Å². The Morgan fingerprint density at radius 1 is 1.17 bits per heavy atom. The van der Waals surface area contributed by atoms with Gasteiger partial charge in [-0.1, -0.05) is 35.5 Å². The first-order valence-corrected chi connectivity index (χ1v) is 8.42. The van der Waals surface area contributed by atoms with Crippen LogP contribution < -0.4 is 0 Å². The van der Waals surface area contributed by atoms with Crippen molar-refractivity contribution < 1.29 is 9.63 Å². The van der Waals surface area contributed by atoms with Crippen molar-refractivity contribution in [1.29, 1.82) is 0 Å². The second-order valence-electron chi connectivity index (χ2n) is 5.20. The second-order valence-corrected chi connectivity index (χ2v) is 6.88. The molecular formula is C17H12N2O2S2. The molecule has 0 aliphatic carbocycles. The maximum absolute atomic E-state index is 12.0. The highest BCUT2D eigenvalue weighted by molar-refractivity contribution is 7.73. The Hall–Kier alpha value is -2.31. The Bertz CT molecular complexity index is 987. The highest BCUT2D eigenvalue weighted by Gasteiger charge is 2.20. The van der Waals surface area contributed by atoms with E-state index >= 15 is 0 Å². The number of nitrogens with zero attached hydrogens (tertiary/aromatic N) is 2. The first-order chi connectivity index (χ1) is 11.2. The summed E-state index contributed by atoms with van der Waals surface area (Å²) in [6, 6.07) is 14.9. The van der Waals surface area contributed by atoms with E-state index in [4.69, 9.17) is 17.1 Å². The fourth-order valence-electron chi connectivity index (χ4n) is 2.73. The first-order valence-electron chi connectivity index (χ1n) is 7.20. The number of para-hydroxylation sites is 1. The average molecular weight is 340 g/mol. The van der Waals surface area contributed by atoms with Crippen molar-refractivity contribution in [2.75, 3.05) is 0 Å². The number of carbonyl (C=O) groups excluding carboxylic acids is 1. The highest BCUT2D eigenvalue weighted by Crippen LogP contribution is 2.31. The predicted molar refractivity (Wildman–Crippen MR) is 93.7 cm³/mol. The van der Waals surface area contributed by atoms with E-state index in [9.17, 15) is 4.79 Å². The molecule has 4 nitrogen and oxygen atoms in total. The van der Waals surface area contributed by atoms with Gasteiger partial charge in [-0.05, 0) is 30.4 Å². The van der Waals surface area contributed by atoms with E-state index in [-0.39, 0.29) is 0 Å². The van der Waals surface area contributed by atoms with Crippen molar-refractivity contribution >= 4 is 45.5 Å². The van der Waals surface area contributed by atoms with Gasteiger partial charge in [0.1, 0.15) is 0 Å². The molecule has 0 fully saturated rings. The Kier molecular flexibility index (Phi) is 3.55. The molecule has 2 heterocycles. The lowest BCUT2D eigenvalue weighted by molar-refractivity contribution is 0.0515. The van der Waals surface area contributed by atoms with Crippen LogP contribution in [0.15, 0.2) is 53.7 Å². The smallest absolute Gasteiger partial charge is 0.322 e. The van der Waals surface area contributed by atoms with E-state index in [0.717, 1.165) is 32.0 Å². The van der Waals surface area contributed by atoms with Crippen molar-refractivity contribution in [2.45, 2.75) is 13.0 Å². The van der Waals surface area contributed by atoms with Gasteiger partial charge in [-0.3, -0.25) is 0 Å². The number of benzene rings is 2. The van der Waals surface area contributed by atoms with Crippen LogP contribution in [0.2, 0.25) is 0 Å². The molecule has 0 saturated carbocycles. The molecule has 1 aliphatic heterocycles. The van der Waals surface area contributed by atoms with Gasteiger partial charge in [-0.25, -0.2) is 4.79 Å². The minimum atomic E-state index is -0.446. The second kappa shape index (κ2) is 5.72. The van der Waals surface area contributed by atoms with E-state index in [1.54, 1.807) is 35.6 Å². The third-order valence-electron chi connectivity index (χ3n) is 3.82. The zero-order valence-corrected chi connectivity index (χ0v) is 13.7. The van der Waals surface area contributed by atoms with Crippen LogP contribution in [0.25, 0.3) is 10.2 Å². The van der Waals surface area contributed by atoms with Crippen LogP contribution >= 0.6 is 23.6 Å². The molecule has 0 unspecified atom stereocenters. The molecule has 1 aliphatic rings. The van der Waals surface area contributed by atoms with Gasteiger partial charge in [0.05, 0.1) is 21.5 Å². The third kappa shape index (κ3) is 2.50. The van der Waals surface area contributed by atoms with E-state index in [2.05, 4.69) is 15.8 Å². The zero-order chi connectivity index (χ0) is 15.8. The molecule has 6 heteroatoms. The van der Waals surface area contributed by atoms with E-state index < -0.39 is 5.97 Å². The Labute approximate surface area is 141 Å². The maximum Gasteiger partial charge on any atom is 0.365 e. The molecule has 0 amide bonds. The molecule has 23 heavy (non-hydrogen) atoms. The minimum Gasteiger partial charge on any atom is -0.322 e. The summed E-state index contributed by atoms with van der Waals surface area (Å²) in [5, 5.41) is 4.12. The molecule has 3 aromatic rings. The summed E-state index contributed by atoms with van der Waals surface area (Å²) < 4.78 is 4.13. The predicted octanol–water partition coefficient (Wildman–Crippen LogP) is 4.40. The van der Waals surface area contributed by atoms with Crippen LogP contribution in [0.1, 0.15) is 22.3 Å². The van der Waals surface area contributed by atoms with Crippen molar-refractivity contribution in [3.05, 3.63) is 63.6 Å². The Morgan fingerprint density at radius 3 is 2.83 bits per heavy atom. The zero-order valence-electron chi connectivity index (χ0n) is 12.1. The molecule has 0 N–H and O–H groups in total. The lowest BCUT2D eigenvalue weighted by Gasteiger charge is -2.16. The summed E-state index contributed by atoms with van der Waals surface area (Å²) >= 11 is 7.01. The molecule has 4 rings (SSSR count). The van der Waals surface area contributed by atoms with Gasteiger partial charge in [0.25, 0.3) is 0 Å². The van der Waals surface area contributed by atoms with Crippen LogP contribution in [0.3, 0.4) is 0 Å². The molecule has 0 saturated heterocycles. The van der Waals surface area contributed by atoms with Gasteiger partial charge >= 0.3 is 5.97 Å². The number of rotatable bonds is 2. The molecule has 2 aromatic carbocycles. The third-order valence-corrected chi connectivity index (χ3v) is 5.23. The van der Waals surface area contributed by atoms with Gasteiger partial charge in [-0.2, -0.15) is 0 Å². The largest absolute Gasteiger partial charge is 0.365 e. The lowest BCUT2D eigenvalue weighted by atomic mass is 10.0. The fourth-order valence-corrected chi connectivity index (χ4v) is 4.13. The summed E-state index contributed by atoms with van der Waals surface area (Å²) in [4.78, 5) is 17.2. The molecular weight excluding hydrogens is 328 g/mol. The normalized spacial score (nSPS) is 15.0. The number of carbonyl (C=O) groups is 1. The number of oxime groups is 1. The van der Waals surface area contributed by atoms with Crippen molar-refractivity contribution in [3.8, 4) is 0 Å².